The summed E-state index contributed by atoms with van der Waals surface area (Å²) in [5.74, 6) is -0.943. The van der Waals surface area contributed by atoms with Crippen LogP contribution < -0.4 is 0 Å². The number of carbonyl (C=O) groups is 2. The number of hydrogen-bond donors (Lipinski definition) is 7. The van der Waals surface area contributed by atoms with Gasteiger partial charge in [-0.1, -0.05) is 134 Å². The van der Waals surface area contributed by atoms with Gasteiger partial charge in [-0.25, -0.2) is 0 Å². The Hall–Kier alpha value is -2.02. The third-order valence-corrected chi connectivity index (χ3v) is 11.2. The van der Waals surface area contributed by atoms with Gasteiger partial charge in [0.25, 0.3) is 0 Å². The third kappa shape index (κ3) is 23.5. The van der Waals surface area contributed by atoms with Crippen LogP contribution in [0.25, 0.3) is 0 Å². The van der Waals surface area contributed by atoms with Crippen molar-refractivity contribution in [1.29, 1.82) is 0 Å². The minimum atomic E-state index is -1.76. The number of aliphatic hydroxyl groups is 7. The second kappa shape index (κ2) is 34.4. The molecule has 2 saturated heterocycles. The molecule has 0 aromatic rings. The predicted octanol–water partition coefficient (Wildman–Crippen LogP) is 5.21. The van der Waals surface area contributed by atoms with E-state index < -0.39 is 92.7 Å². The number of allylic oxidation sites excluding steroid dienone is 4. The fourth-order valence-electron chi connectivity index (χ4n) is 7.27. The fourth-order valence-corrected chi connectivity index (χ4v) is 7.27. The molecule has 0 bridgehead atoms. The van der Waals surface area contributed by atoms with Crippen molar-refractivity contribution in [3.05, 3.63) is 24.3 Å². The van der Waals surface area contributed by atoms with E-state index in [-0.39, 0.29) is 26.1 Å². The van der Waals surface area contributed by atoms with Crippen LogP contribution in [0.1, 0.15) is 162 Å². The summed E-state index contributed by atoms with van der Waals surface area (Å²) in [6.45, 7) is 2.52. The minimum Gasteiger partial charge on any atom is -0.462 e. The van der Waals surface area contributed by atoms with Crippen LogP contribution in [-0.4, -0.2) is 142 Å². The van der Waals surface area contributed by atoms with Gasteiger partial charge < -0.3 is 64.2 Å². The molecule has 0 saturated carbocycles. The number of esters is 2. The molecule has 61 heavy (non-hydrogen) atoms. The Balaban J connectivity index is 1.84. The van der Waals surface area contributed by atoms with Crippen molar-refractivity contribution in [2.24, 2.45) is 0 Å². The molecule has 356 valence electrons. The molecule has 15 nitrogen and oxygen atoms in total. The van der Waals surface area contributed by atoms with Crippen molar-refractivity contribution in [3.63, 3.8) is 0 Å². The van der Waals surface area contributed by atoms with Gasteiger partial charge in [-0.15, -0.1) is 0 Å². The van der Waals surface area contributed by atoms with E-state index in [0.29, 0.717) is 12.8 Å². The lowest BCUT2D eigenvalue weighted by Gasteiger charge is -2.42. The molecule has 0 aromatic heterocycles. The lowest BCUT2D eigenvalue weighted by molar-refractivity contribution is -0.332. The monoisotopic (exact) mass is 875 g/mol. The zero-order valence-corrected chi connectivity index (χ0v) is 37.1. The second-order valence-electron chi connectivity index (χ2n) is 16.6. The van der Waals surface area contributed by atoms with E-state index >= 15 is 0 Å². The lowest BCUT2D eigenvalue weighted by atomic mass is 9.98. The highest BCUT2D eigenvalue weighted by molar-refractivity contribution is 5.70. The third-order valence-electron chi connectivity index (χ3n) is 11.2. The van der Waals surface area contributed by atoms with Gasteiger partial charge in [-0.2, -0.15) is 0 Å². The molecule has 15 heteroatoms. The molecule has 4 unspecified atom stereocenters. The molecular weight excluding hydrogens is 792 g/mol. The Morgan fingerprint density at radius 1 is 0.525 bits per heavy atom. The average Bonchev–Trinajstić information content (AvgIpc) is 3.25. The van der Waals surface area contributed by atoms with Gasteiger partial charge in [0.1, 0.15) is 55.4 Å². The van der Waals surface area contributed by atoms with Crippen LogP contribution in [0.2, 0.25) is 0 Å². The van der Waals surface area contributed by atoms with E-state index in [4.69, 9.17) is 28.4 Å². The van der Waals surface area contributed by atoms with Crippen molar-refractivity contribution in [1.82, 2.24) is 0 Å². The van der Waals surface area contributed by atoms with E-state index in [2.05, 4.69) is 38.2 Å². The Bertz CT molecular complexity index is 1170. The van der Waals surface area contributed by atoms with Crippen LogP contribution in [0.15, 0.2) is 24.3 Å². The highest BCUT2D eigenvalue weighted by Crippen LogP contribution is 2.26. The molecule has 11 atom stereocenters. The highest BCUT2D eigenvalue weighted by atomic mass is 16.7. The number of hydrogen-bond acceptors (Lipinski definition) is 15. The molecule has 2 heterocycles. The van der Waals surface area contributed by atoms with E-state index in [1.54, 1.807) is 0 Å². The Morgan fingerprint density at radius 2 is 0.967 bits per heavy atom. The normalized spacial score (nSPS) is 27.5. The number of carbonyl (C=O) groups excluding carboxylic acids is 2. The molecule has 7 N–H and O–H groups in total. The summed E-state index contributed by atoms with van der Waals surface area (Å²) in [5, 5.41) is 71.8. The fraction of sp³-hybridized carbons (Fsp3) is 0.870. The van der Waals surface area contributed by atoms with E-state index in [1.165, 1.54) is 64.2 Å². The van der Waals surface area contributed by atoms with Crippen molar-refractivity contribution < 1.29 is 73.8 Å². The first-order valence-corrected chi connectivity index (χ1v) is 23.4. The first-order chi connectivity index (χ1) is 29.5. The number of unbranched alkanes of at least 4 members (excludes halogenated alkanes) is 18. The van der Waals surface area contributed by atoms with Gasteiger partial charge >= 0.3 is 11.9 Å². The summed E-state index contributed by atoms with van der Waals surface area (Å²) in [7, 11) is 0. The van der Waals surface area contributed by atoms with Crippen LogP contribution in [0.4, 0.5) is 0 Å². The van der Waals surface area contributed by atoms with Gasteiger partial charge in [-0.3, -0.25) is 9.59 Å². The first-order valence-electron chi connectivity index (χ1n) is 23.4. The molecule has 0 aromatic carbocycles. The van der Waals surface area contributed by atoms with Crippen molar-refractivity contribution in [3.8, 4) is 0 Å². The molecular formula is C46H82O15. The maximum Gasteiger partial charge on any atom is 0.306 e. The molecule has 2 aliphatic heterocycles. The maximum atomic E-state index is 12.9. The standard InChI is InChI=1S/C46H82O15/c1-3-5-7-9-11-13-15-16-17-18-19-21-22-24-26-28-37(48)56-31-34(59-38(49)29-27-25-23-20-14-12-10-8-6-4-2)32-57-45-44(55)42(53)40(51)36(61-45)33-58-46-43(54)41(52)39(50)35(30-47)60-46/h13,15-17,34-36,39-47,50-55H,3-12,14,18-33H2,1-2H3/b15-13+,17-16+/t34-,35-,36-,39+,40+,41?,42?,43?,44?,45-,46-/m1/s1. The summed E-state index contributed by atoms with van der Waals surface area (Å²) in [4.78, 5) is 25.6. The lowest BCUT2D eigenvalue weighted by Crippen LogP contribution is -2.61. The van der Waals surface area contributed by atoms with Crippen molar-refractivity contribution in [2.45, 2.75) is 229 Å². The predicted molar refractivity (Wildman–Crippen MR) is 229 cm³/mol. The Kier molecular flexibility index (Phi) is 31.1. The van der Waals surface area contributed by atoms with Crippen LogP contribution >= 0.6 is 0 Å². The van der Waals surface area contributed by atoms with Gasteiger partial charge in [-0.05, 0) is 38.5 Å². The molecule has 2 fully saturated rings. The molecule has 0 aliphatic carbocycles. The molecule has 0 radical (unpaired) electrons. The average molecular weight is 875 g/mol. The SMILES string of the molecule is CCCCCC/C=C/C=C/CCCCCCCC(=O)OC[C@H](CO[C@@H]1O[C@H](CO[C@@H]2O[C@H](CO)[C@H](O)C(O)C2O)[C@H](O)C(O)C1O)OC(=O)CCCCCCCCCCCC. The quantitative estimate of drug-likeness (QED) is 0.0246. The summed E-state index contributed by atoms with van der Waals surface area (Å²) in [6, 6.07) is 0. The van der Waals surface area contributed by atoms with Crippen LogP contribution in [0.3, 0.4) is 0 Å². The Morgan fingerprint density at radius 3 is 1.51 bits per heavy atom. The van der Waals surface area contributed by atoms with Gasteiger partial charge in [0.2, 0.25) is 0 Å². The van der Waals surface area contributed by atoms with Gasteiger partial charge in [0.05, 0.1) is 19.8 Å². The summed E-state index contributed by atoms with van der Waals surface area (Å²) < 4.78 is 33.4. The molecule has 0 spiro atoms. The smallest absolute Gasteiger partial charge is 0.306 e. The number of rotatable bonds is 35. The topological polar surface area (TPSA) is 231 Å². The van der Waals surface area contributed by atoms with Crippen LogP contribution in [0, 0.1) is 0 Å². The van der Waals surface area contributed by atoms with E-state index in [9.17, 15) is 45.3 Å². The summed E-state index contributed by atoms with van der Waals surface area (Å²) in [5.41, 5.74) is 0. The molecule has 2 aliphatic rings. The van der Waals surface area contributed by atoms with Crippen molar-refractivity contribution in [2.75, 3.05) is 26.4 Å². The highest BCUT2D eigenvalue weighted by Gasteiger charge is 2.47. The molecule has 2 rings (SSSR count). The first kappa shape index (κ1) is 55.1. The Labute approximate surface area is 364 Å². The van der Waals surface area contributed by atoms with Crippen LogP contribution in [-0.2, 0) is 38.0 Å². The number of ether oxygens (including phenoxy) is 6. The van der Waals surface area contributed by atoms with E-state index in [0.717, 1.165) is 57.8 Å². The van der Waals surface area contributed by atoms with E-state index in [1.807, 2.05) is 0 Å². The zero-order chi connectivity index (χ0) is 44.7. The minimum absolute atomic E-state index is 0.164. The maximum absolute atomic E-state index is 12.9. The molecule has 0 amide bonds. The zero-order valence-electron chi connectivity index (χ0n) is 37.1. The van der Waals surface area contributed by atoms with Crippen LogP contribution in [0.5, 0.6) is 0 Å². The largest absolute Gasteiger partial charge is 0.462 e. The number of aliphatic hydroxyl groups excluding tert-OH is 7. The van der Waals surface area contributed by atoms with Gasteiger partial charge in [0, 0.05) is 12.8 Å². The van der Waals surface area contributed by atoms with Crippen molar-refractivity contribution >= 4 is 11.9 Å². The van der Waals surface area contributed by atoms with Gasteiger partial charge in [0.15, 0.2) is 18.7 Å². The summed E-state index contributed by atoms with van der Waals surface area (Å²) in [6.07, 6.45) is 15.1. The second-order valence-corrected chi connectivity index (χ2v) is 16.6. The summed E-state index contributed by atoms with van der Waals surface area (Å²) >= 11 is 0.